The molecule has 0 bridgehead atoms. The zero-order valence-corrected chi connectivity index (χ0v) is 37.9. The summed E-state index contributed by atoms with van der Waals surface area (Å²) in [6.45, 7) is 12.3. The van der Waals surface area contributed by atoms with Crippen LogP contribution in [-0.4, -0.2) is 120 Å². The number of piperidine rings is 4. The summed E-state index contributed by atoms with van der Waals surface area (Å²) in [6.07, 6.45) is 9.58. The van der Waals surface area contributed by atoms with Crippen LogP contribution >= 0.6 is 11.9 Å². The van der Waals surface area contributed by atoms with Crippen molar-refractivity contribution in [1.29, 1.82) is 0 Å². The highest BCUT2D eigenvalue weighted by molar-refractivity contribution is 7.97. The second-order valence-corrected chi connectivity index (χ2v) is 20.7. The standard InChI is InChI=1S/C47H55F3N10O4S/c1-26(2)59-27(3)52-42-35(49)18-29(19-39(42)59)41-36(50)24-51-46(55-41)53-30-6-14-58(15-7-30)65-31-8-12-56(13-9-31)25-28-22-47(23-28)10-16-57(17-11-47)38-21-33-32(20-34(38)48)44(63)60(45(33)64)37-4-5-40(61)54-43(37)62/h18-21,24,26,28,30-31,37H,4-17,22-23,25H2,1-3H3,(H,51,53,55)(H,54,61,62). The Morgan fingerprint density at radius 3 is 2.25 bits per heavy atom. The van der Waals surface area contributed by atoms with Crippen molar-refractivity contribution in [3.63, 3.8) is 0 Å². The summed E-state index contributed by atoms with van der Waals surface area (Å²) in [5.74, 6) is -2.44. The summed E-state index contributed by atoms with van der Waals surface area (Å²) in [5, 5.41) is 6.20. The van der Waals surface area contributed by atoms with E-state index in [0.29, 0.717) is 52.8 Å². The number of nitrogens with zero attached hydrogens (tertiary/aromatic N) is 8. The normalized spacial score (nSPS) is 22.7. The van der Waals surface area contributed by atoms with E-state index in [4.69, 9.17) is 0 Å². The average Bonchev–Trinajstić information content (AvgIpc) is 3.73. The number of anilines is 2. The minimum atomic E-state index is -1.09. The molecule has 1 saturated carbocycles. The van der Waals surface area contributed by atoms with Crippen molar-refractivity contribution in [2.45, 2.75) is 108 Å². The molecule has 18 heteroatoms. The fourth-order valence-corrected chi connectivity index (χ4v) is 12.7. The lowest BCUT2D eigenvalue weighted by atomic mass is 9.57. The van der Waals surface area contributed by atoms with Crippen LogP contribution in [-0.2, 0) is 9.59 Å². The van der Waals surface area contributed by atoms with Gasteiger partial charge in [-0.2, -0.15) is 0 Å². The molecule has 4 amide bonds. The number of benzene rings is 2. The molecule has 1 aliphatic carbocycles. The topological polar surface area (TPSA) is 149 Å². The molecule has 10 rings (SSSR count). The lowest BCUT2D eigenvalue weighted by Crippen LogP contribution is -2.54. The summed E-state index contributed by atoms with van der Waals surface area (Å²) >= 11 is 1.99. The molecule has 344 valence electrons. The Kier molecular flexibility index (Phi) is 11.7. The number of carbonyl (C=O) groups is 4. The Balaban J connectivity index is 0.653. The van der Waals surface area contributed by atoms with Gasteiger partial charge in [0.1, 0.15) is 28.9 Å². The van der Waals surface area contributed by atoms with E-state index in [0.717, 1.165) is 88.4 Å². The maximum Gasteiger partial charge on any atom is 0.262 e. The molecular weight excluding hydrogens is 858 g/mol. The van der Waals surface area contributed by atoms with E-state index >= 15 is 13.2 Å². The first-order valence-electron chi connectivity index (χ1n) is 23.1. The Labute approximate surface area is 380 Å². The molecule has 5 fully saturated rings. The van der Waals surface area contributed by atoms with Gasteiger partial charge in [0.2, 0.25) is 17.8 Å². The van der Waals surface area contributed by atoms with E-state index in [1.54, 1.807) is 6.07 Å². The fourth-order valence-electron chi connectivity index (χ4n) is 11.4. The van der Waals surface area contributed by atoms with Gasteiger partial charge in [-0.25, -0.2) is 28.1 Å². The van der Waals surface area contributed by atoms with Crippen molar-refractivity contribution in [3.05, 3.63) is 64.9 Å². The number of amides is 4. The second-order valence-electron chi connectivity index (χ2n) is 19.3. The van der Waals surface area contributed by atoms with Crippen LogP contribution in [0.1, 0.15) is 111 Å². The molecule has 2 N–H and O–H groups in total. The third-order valence-corrected chi connectivity index (χ3v) is 16.1. The number of rotatable bonds is 10. The van der Waals surface area contributed by atoms with Crippen molar-refractivity contribution < 1.29 is 32.3 Å². The number of likely N-dealkylation sites (tertiary alicyclic amines) is 1. The average molecular weight is 913 g/mol. The number of hydrogen-bond donors (Lipinski definition) is 2. The first-order valence-corrected chi connectivity index (χ1v) is 24.0. The van der Waals surface area contributed by atoms with Gasteiger partial charge in [-0.1, -0.05) is 11.9 Å². The van der Waals surface area contributed by atoms with E-state index < -0.39 is 47.1 Å². The zero-order valence-electron chi connectivity index (χ0n) is 37.0. The van der Waals surface area contributed by atoms with Crippen LogP contribution in [0.25, 0.3) is 22.3 Å². The molecule has 1 spiro atoms. The van der Waals surface area contributed by atoms with Gasteiger partial charge in [0.25, 0.3) is 11.8 Å². The molecule has 7 heterocycles. The fraction of sp³-hybridized carbons (Fsp3) is 0.553. The quantitative estimate of drug-likeness (QED) is 0.126. The number of imide groups is 2. The van der Waals surface area contributed by atoms with Crippen molar-refractivity contribution in [2.24, 2.45) is 11.3 Å². The van der Waals surface area contributed by atoms with Crippen LogP contribution in [0.4, 0.5) is 24.8 Å². The Morgan fingerprint density at radius 2 is 1.55 bits per heavy atom. The molecule has 2 aromatic heterocycles. The highest BCUT2D eigenvalue weighted by atomic mass is 32.2. The molecule has 6 aliphatic rings. The van der Waals surface area contributed by atoms with Gasteiger partial charge < -0.3 is 19.7 Å². The first-order chi connectivity index (χ1) is 31.2. The minimum Gasteiger partial charge on any atom is -0.369 e. The van der Waals surface area contributed by atoms with Crippen molar-refractivity contribution in [1.82, 2.24) is 38.9 Å². The Hall–Kier alpha value is -5.07. The van der Waals surface area contributed by atoms with E-state index in [-0.39, 0.29) is 52.7 Å². The van der Waals surface area contributed by atoms with Crippen molar-refractivity contribution in [3.8, 4) is 11.3 Å². The molecule has 5 aliphatic heterocycles. The van der Waals surface area contributed by atoms with Gasteiger partial charge in [-0.15, -0.1) is 0 Å². The summed E-state index contributed by atoms with van der Waals surface area (Å²) in [4.78, 5) is 69.3. The molecule has 0 radical (unpaired) electrons. The molecule has 1 atom stereocenters. The van der Waals surface area contributed by atoms with Gasteiger partial charge in [0, 0.05) is 62.0 Å². The van der Waals surface area contributed by atoms with Gasteiger partial charge in [0.15, 0.2) is 11.6 Å². The van der Waals surface area contributed by atoms with Crippen LogP contribution < -0.4 is 15.5 Å². The molecule has 4 aromatic rings. The second kappa shape index (κ2) is 17.3. The Bertz CT molecular complexity index is 2560. The van der Waals surface area contributed by atoms with Crippen molar-refractivity contribution in [2.75, 3.05) is 56.0 Å². The number of nitrogens with one attached hydrogen (secondary N) is 2. The number of imidazole rings is 1. The third kappa shape index (κ3) is 8.38. The van der Waals surface area contributed by atoms with Gasteiger partial charge in [-0.05, 0) is 127 Å². The maximum absolute atomic E-state index is 15.5. The predicted octanol–water partition coefficient (Wildman–Crippen LogP) is 6.89. The van der Waals surface area contributed by atoms with Crippen LogP contribution in [0.3, 0.4) is 0 Å². The van der Waals surface area contributed by atoms with Gasteiger partial charge in [0.05, 0.1) is 28.5 Å². The number of hydrogen-bond acceptors (Lipinski definition) is 12. The molecule has 1 unspecified atom stereocenters. The molecule has 65 heavy (non-hydrogen) atoms. The van der Waals surface area contributed by atoms with Crippen LogP contribution in [0.2, 0.25) is 0 Å². The van der Waals surface area contributed by atoms with Crippen LogP contribution in [0, 0.1) is 35.7 Å². The maximum atomic E-state index is 15.5. The van der Waals surface area contributed by atoms with E-state index in [1.807, 2.05) is 42.2 Å². The van der Waals surface area contributed by atoms with Crippen LogP contribution in [0.5, 0.6) is 0 Å². The molecule has 14 nitrogen and oxygen atoms in total. The van der Waals surface area contributed by atoms with Gasteiger partial charge >= 0.3 is 0 Å². The van der Waals surface area contributed by atoms with E-state index in [9.17, 15) is 19.2 Å². The molecule has 2 aromatic carbocycles. The number of halogens is 3. The van der Waals surface area contributed by atoms with E-state index in [1.165, 1.54) is 25.0 Å². The van der Waals surface area contributed by atoms with Gasteiger partial charge in [-0.3, -0.25) is 33.7 Å². The molecule has 4 saturated heterocycles. The zero-order chi connectivity index (χ0) is 45.3. The highest BCUT2D eigenvalue weighted by Crippen LogP contribution is 2.53. The summed E-state index contributed by atoms with van der Waals surface area (Å²) in [7, 11) is 0. The lowest BCUT2D eigenvalue weighted by molar-refractivity contribution is -0.136. The summed E-state index contributed by atoms with van der Waals surface area (Å²) in [5.41, 5.74) is 1.92. The number of fused-ring (bicyclic) bond motifs is 2. The van der Waals surface area contributed by atoms with Crippen molar-refractivity contribution >= 4 is 58.2 Å². The number of aryl methyl sites for hydroxylation is 1. The SMILES string of the molecule is Cc1nc2c(F)cc(-c3nc(NC4CCN(SC5CCN(CC6CC7(CCN(c8cc9c(cc8F)C(=O)N(C8CCC(=O)NC8=O)C9=O)CC7)C6)CC5)CC4)ncc3F)cc2n1C(C)C. The third-order valence-electron chi connectivity index (χ3n) is 14.7. The monoisotopic (exact) mass is 912 g/mol. The van der Waals surface area contributed by atoms with Crippen LogP contribution in [0.15, 0.2) is 30.5 Å². The lowest BCUT2D eigenvalue weighted by Gasteiger charge is -2.54. The molecular formula is C47H55F3N10O4S. The number of aromatic nitrogens is 4. The van der Waals surface area contributed by atoms with E-state index in [2.05, 4.69) is 34.8 Å². The highest BCUT2D eigenvalue weighted by Gasteiger charge is 2.48. The summed E-state index contributed by atoms with van der Waals surface area (Å²) in [6, 6.07) is 4.77. The Morgan fingerprint density at radius 1 is 0.846 bits per heavy atom. The number of carbonyl (C=O) groups excluding carboxylic acids is 4. The minimum absolute atomic E-state index is 0.0266. The predicted molar refractivity (Wildman–Crippen MR) is 241 cm³/mol. The summed E-state index contributed by atoms with van der Waals surface area (Å²) < 4.78 is 50.3. The largest absolute Gasteiger partial charge is 0.369 e. The first kappa shape index (κ1) is 43.8. The smallest absolute Gasteiger partial charge is 0.262 e.